The van der Waals surface area contributed by atoms with Crippen LogP contribution >= 0.6 is 0 Å². The molecule has 2 nitrogen and oxygen atoms in total. The van der Waals surface area contributed by atoms with E-state index in [1.807, 2.05) is 42.5 Å². The van der Waals surface area contributed by atoms with E-state index in [4.69, 9.17) is 4.74 Å². The van der Waals surface area contributed by atoms with E-state index in [1.54, 1.807) is 0 Å². The standard InChI is InChI=1S/C29H24O2/c1-18-8-6-9-19(2)28(18)23-13-7-10-21(20(23)3)17-31-22-14-15-26-27(16-22)24-11-4-5-12-25(24)29(26)30/h4-16H,17H2,1-3H3. The lowest BCUT2D eigenvalue weighted by Crippen LogP contribution is -2.01. The van der Waals surface area contributed by atoms with Crippen LogP contribution in [0.25, 0.3) is 22.3 Å². The van der Waals surface area contributed by atoms with E-state index in [-0.39, 0.29) is 5.78 Å². The van der Waals surface area contributed by atoms with Gasteiger partial charge < -0.3 is 4.74 Å². The SMILES string of the molecule is Cc1cccc(C)c1-c1cccc(COc2ccc3c(c2)-c2ccccc2C3=O)c1C. The number of fused-ring (bicyclic) bond motifs is 3. The van der Waals surface area contributed by atoms with Crippen molar-refractivity contribution in [2.45, 2.75) is 27.4 Å². The van der Waals surface area contributed by atoms with Gasteiger partial charge in [0.2, 0.25) is 0 Å². The Bertz CT molecular complexity index is 1310. The van der Waals surface area contributed by atoms with Crippen molar-refractivity contribution in [2.75, 3.05) is 0 Å². The summed E-state index contributed by atoms with van der Waals surface area (Å²) < 4.78 is 6.19. The summed E-state index contributed by atoms with van der Waals surface area (Å²) in [5.74, 6) is 0.870. The van der Waals surface area contributed by atoms with Crippen LogP contribution in [0.1, 0.15) is 38.2 Å². The predicted octanol–water partition coefficient (Wildman–Crippen LogP) is 7.07. The molecule has 0 spiro atoms. The van der Waals surface area contributed by atoms with Crippen LogP contribution in [0.2, 0.25) is 0 Å². The van der Waals surface area contributed by atoms with Crippen LogP contribution in [0.5, 0.6) is 5.75 Å². The monoisotopic (exact) mass is 404 g/mol. The Balaban J connectivity index is 1.44. The van der Waals surface area contributed by atoms with E-state index in [2.05, 4.69) is 57.2 Å². The third-order valence-corrected chi connectivity index (χ3v) is 6.29. The van der Waals surface area contributed by atoms with E-state index in [0.717, 1.165) is 33.6 Å². The van der Waals surface area contributed by atoms with Gasteiger partial charge in [0, 0.05) is 11.1 Å². The molecule has 0 amide bonds. The molecule has 1 aliphatic carbocycles. The van der Waals surface area contributed by atoms with Gasteiger partial charge in [-0.15, -0.1) is 0 Å². The van der Waals surface area contributed by atoms with Gasteiger partial charge >= 0.3 is 0 Å². The molecule has 0 saturated carbocycles. The molecule has 4 aromatic carbocycles. The Kier molecular flexibility index (Phi) is 4.71. The molecule has 0 bridgehead atoms. The molecule has 0 atom stereocenters. The van der Waals surface area contributed by atoms with Crippen molar-refractivity contribution in [2.24, 2.45) is 0 Å². The summed E-state index contributed by atoms with van der Waals surface area (Å²) in [5, 5.41) is 0. The number of ketones is 1. The minimum atomic E-state index is 0.0919. The molecular weight excluding hydrogens is 380 g/mol. The van der Waals surface area contributed by atoms with Crippen molar-refractivity contribution >= 4 is 5.78 Å². The zero-order valence-corrected chi connectivity index (χ0v) is 18.0. The molecule has 0 saturated heterocycles. The van der Waals surface area contributed by atoms with Crippen molar-refractivity contribution in [3.63, 3.8) is 0 Å². The molecule has 0 aliphatic heterocycles. The number of rotatable bonds is 4. The van der Waals surface area contributed by atoms with Crippen LogP contribution in [-0.4, -0.2) is 5.78 Å². The smallest absolute Gasteiger partial charge is 0.194 e. The highest BCUT2D eigenvalue weighted by Gasteiger charge is 2.26. The van der Waals surface area contributed by atoms with Crippen LogP contribution < -0.4 is 4.74 Å². The highest BCUT2D eigenvalue weighted by atomic mass is 16.5. The van der Waals surface area contributed by atoms with Crippen molar-refractivity contribution in [3.05, 3.63) is 112 Å². The van der Waals surface area contributed by atoms with Crippen LogP contribution in [0.15, 0.2) is 78.9 Å². The Hall–Kier alpha value is -3.65. The Labute approximate surface area is 183 Å². The number of hydrogen-bond acceptors (Lipinski definition) is 2. The Morgan fingerprint density at radius 2 is 1.29 bits per heavy atom. The first kappa shape index (κ1) is 19.3. The van der Waals surface area contributed by atoms with E-state index >= 15 is 0 Å². The first-order chi connectivity index (χ1) is 15.0. The van der Waals surface area contributed by atoms with Gasteiger partial charge in [0.25, 0.3) is 0 Å². The lowest BCUT2D eigenvalue weighted by molar-refractivity contribution is 0.104. The summed E-state index contributed by atoms with van der Waals surface area (Å²) in [5.41, 5.74) is 11.0. The van der Waals surface area contributed by atoms with Crippen LogP contribution in [0, 0.1) is 20.8 Å². The molecule has 0 radical (unpaired) electrons. The fraction of sp³-hybridized carbons (Fsp3) is 0.138. The summed E-state index contributed by atoms with van der Waals surface area (Å²) in [6, 6.07) is 26.4. The predicted molar refractivity (Wildman–Crippen MR) is 126 cm³/mol. The average Bonchev–Trinajstić information content (AvgIpc) is 3.06. The second-order valence-corrected chi connectivity index (χ2v) is 8.23. The molecule has 5 rings (SSSR count). The number of aryl methyl sites for hydroxylation is 2. The van der Waals surface area contributed by atoms with Crippen LogP contribution in [-0.2, 0) is 6.61 Å². The van der Waals surface area contributed by atoms with Crippen LogP contribution in [0.3, 0.4) is 0 Å². The molecule has 1 aliphatic rings. The number of carbonyl (C=O) groups excluding carboxylic acids is 1. The summed E-state index contributed by atoms with van der Waals surface area (Å²) in [6.45, 7) is 6.97. The second-order valence-electron chi connectivity index (χ2n) is 8.23. The molecule has 0 N–H and O–H groups in total. The fourth-order valence-electron chi connectivity index (χ4n) is 4.61. The van der Waals surface area contributed by atoms with Crippen LogP contribution in [0.4, 0.5) is 0 Å². The number of ether oxygens (including phenoxy) is 1. The third kappa shape index (κ3) is 3.25. The maximum atomic E-state index is 12.6. The van der Waals surface area contributed by atoms with Crippen molar-refractivity contribution in [1.29, 1.82) is 0 Å². The third-order valence-electron chi connectivity index (χ3n) is 6.29. The molecule has 0 unspecified atom stereocenters. The van der Waals surface area contributed by atoms with Crippen molar-refractivity contribution < 1.29 is 9.53 Å². The molecule has 2 heteroatoms. The normalized spacial score (nSPS) is 11.9. The summed E-state index contributed by atoms with van der Waals surface area (Å²) in [4.78, 5) is 12.6. The molecule has 31 heavy (non-hydrogen) atoms. The van der Waals surface area contributed by atoms with Gasteiger partial charge in [0.15, 0.2) is 5.78 Å². The van der Waals surface area contributed by atoms with Crippen molar-refractivity contribution in [1.82, 2.24) is 0 Å². The first-order valence-corrected chi connectivity index (χ1v) is 10.6. The van der Waals surface area contributed by atoms with E-state index < -0.39 is 0 Å². The summed E-state index contributed by atoms with van der Waals surface area (Å²) in [6.07, 6.45) is 0. The average molecular weight is 405 g/mol. The van der Waals surface area contributed by atoms with E-state index in [0.29, 0.717) is 6.61 Å². The summed E-state index contributed by atoms with van der Waals surface area (Å²) in [7, 11) is 0. The number of hydrogen-bond donors (Lipinski definition) is 0. The molecule has 0 heterocycles. The topological polar surface area (TPSA) is 26.3 Å². The van der Waals surface area contributed by atoms with Gasteiger partial charge in [-0.25, -0.2) is 0 Å². The lowest BCUT2D eigenvalue weighted by Gasteiger charge is -2.16. The van der Waals surface area contributed by atoms with Gasteiger partial charge in [0.1, 0.15) is 12.4 Å². The minimum absolute atomic E-state index is 0.0919. The Morgan fingerprint density at radius 1 is 0.645 bits per heavy atom. The highest BCUT2D eigenvalue weighted by Crippen LogP contribution is 2.38. The molecule has 0 aromatic heterocycles. The minimum Gasteiger partial charge on any atom is -0.489 e. The largest absolute Gasteiger partial charge is 0.489 e. The zero-order chi connectivity index (χ0) is 21.5. The quantitative estimate of drug-likeness (QED) is 0.320. The lowest BCUT2D eigenvalue weighted by atomic mass is 9.91. The Morgan fingerprint density at radius 3 is 2.06 bits per heavy atom. The van der Waals surface area contributed by atoms with Gasteiger partial charge in [-0.1, -0.05) is 60.7 Å². The maximum absolute atomic E-state index is 12.6. The molecule has 4 aromatic rings. The number of benzene rings is 4. The number of carbonyl (C=O) groups is 1. The van der Waals surface area contributed by atoms with E-state index in [9.17, 15) is 4.79 Å². The molecule has 0 fully saturated rings. The van der Waals surface area contributed by atoms with Gasteiger partial charge in [-0.2, -0.15) is 0 Å². The second kappa shape index (κ2) is 7.55. The van der Waals surface area contributed by atoms with Gasteiger partial charge in [0.05, 0.1) is 0 Å². The maximum Gasteiger partial charge on any atom is 0.194 e. The van der Waals surface area contributed by atoms with Gasteiger partial charge in [-0.05, 0) is 83.5 Å². The fourth-order valence-corrected chi connectivity index (χ4v) is 4.61. The van der Waals surface area contributed by atoms with E-state index in [1.165, 1.54) is 27.8 Å². The van der Waals surface area contributed by atoms with Gasteiger partial charge in [-0.3, -0.25) is 4.79 Å². The molecular formula is C29H24O2. The zero-order valence-electron chi connectivity index (χ0n) is 18.0. The highest BCUT2D eigenvalue weighted by molar-refractivity contribution is 6.21. The summed E-state index contributed by atoms with van der Waals surface area (Å²) >= 11 is 0. The van der Waals surface area contributed by atoms with Crippen molar-refractivity contribution in [3.8, 4) is 28.0 Å². The first-order valence-electron chi connectivity index (χ1n) is 10.6. The molecule has 152 valence electrons.